The zero-order valence-electron chi connectivity index (χ0n) is 11.1. The average Bonchev–Trinajstić information content (AvgIpc) is 2.85. The zero-order chi connectivity index (χ0) is 14.3. The fraction of sp³-hybridized carbons (Fsp3) is 0.467. The van der Waals surface area contributed by atoms with Gasteiger partial charge >= 0.3 is 6.18 Å². The van der Waals surface area contributed by atoms with Crippen LogP contribution in [0, 0.1) is 0 Å². The molecule has 3 rings (SSSR count). The Morgan fingerprint density at radius 1 is 1.25 bits per heavy atom. The lowest BCUT2D eigenvalue weighted by molar-refractivity contribution is -0.136. The molecule has 1 aromatic carbocycles. The van der Waals surface area contributed by atoms with Crippen molar-refractivity contribution in [3.63, 3.8) is 0 Å². The van der Waals surface area contributed by atoms with E-state index < -0.39 is 11.7 Å². The molecule has 2 atom stereocenters. The Morgan fingerprint density at radius 2 is 2.05 bits per heavy atom. The molecule has 1 aromatic heterocycles. The number of fused-ring (bicyclic) bond motifs is 1. The highest BCUT2D eigenvalue weighted by Crippen LogP contribution is 2.40. The summed E-state index contributed by atoms with van der Waals surface area (Å²) in [7, 11) is 0. The largest absolute Gasteiger partial charge is 0.464 e. The van der Waals surface area contributed by atoms with Crippen molar-refractivity contribution < 1.29 is 17.6 Å². The first-order valence-electron chi connectivity index (χ1n) is 6.77. The molecule has 0 radical (unpaired) electrons. The first-order chi connectivity index (χ1) is 9.47. The van der Waals surface area contributed by atoms with Crippen LogP contribution < -0.4 is 5.32 Å². The lowest BCUT2D eigenvalue weighted by Crippen LogP contribution is -2.34. The Labute approximate surface area is 115 Å². The van der Waals surface area contributed by atoms with E-state index in [1.54, 1.807) is 6.07 Å². The second-order valence-electron chi connectivity index (χ2n) is 5.44. The summed E-state index contributed by atoms with van der Waals surface area (Å²) < 4.78 is 44.3. The highest BCUT2D eigenvalue weighted by Gasteiger charge is 2.34. The fourth-order valence-corrected chi connectivity index (χ4v) is 3.07. The molecule has 0 saturated carbocycles. The van der Waals surface area contributed by atoms with Gasteiger partial charge in [0.15, 0.2) is 0 Å². The third kappa shape index (κ3) is 2.30. The lowest BCUT2D eigenvalue weighted by atomic mass is 9.85. The minimum atomic E-state index is -4.35. The van der Waals surface area contributed by atoms with E-state index in [-0.39, 0.29) is 11.3 Å². The Balaban J connectivity index is 2.07. The molecule has 1 aliphatic rings. The highest BCUT2D eigenvalue weighted by atomic mass is 19.4. The van der Waals surface area contributed by atoms with Crippen LogP contribution in [0.1, 0.15) is 36.8 Å². The minimum Gasteiger partial charge on any atom is -0.464 e. The Morgan fingerprint density at radius 3 is 2.75 bits per heavy atom. The van der Waals surface area contributed by atoms with Crippen molar-refractivity contribution in [2.24, 2.45) is 0 Å². The second kappa shape index (κ2) is 4.81. The Bertz CT molecular complexity index is 617. The van der Waals surface area contributed by atoms with E-state index in [9.17, 15) is 13.2 Å². The van der Waals surface area contributed by atoms with Gasteiger partial charge in [0.1, 0.15) is 5.58 Å². The van der Waals surface area contributed by atoms with E-state index in [0.29, 0.717) is 11.6 Å². The van der Waals surface area contributed by atoms with Gasteiger partial charge in [0.2, 0.25) is 0 Å². The van der Waals surface area contributed by atoms with Gasteiger partial charge in [-0.25, -0.2) is 0 Å². The van der Waals surface area contributed by atoms with E-state index in [1.165, 1.54) is 18.4 Å². The molecule has 1 N–H and O–H groups in total. The van der Waals surface area contributed by atoms with Crippen LogP contribution in [0.2, 0.25) is 0 Å². The van der Waals surface area contributed by atoms with Crippen LogP contribution in [0.4, 0.5) is 13.2 Å². The summed E-state index contributed by atoms with van der Waals surface area (Å²) in [4.78, 5) is 0. The molecule has 1 fully saturated rings. The first kappa shape index (κ1) is 13.5. The standard InChI is InChI=1S/C15H16F3NO/c1-9-8-10(4-6-19-9)11-2-3-13(15(16,17)18)12-5-7-20-14(11)12/h2-3,5,7,9-10,19H,4,6,8H2,1H3/t9-,10+/m0/s1. The summed E-state index contributed by atoms with van der Waals surface area (Å²) in [6.45, 7) is 2.98. The number of piperidine rings is 1. The maximum atomic E-state index is 13.0. The number of hydrogen-bond donors (Lipinski definition) is 1. The van der Waals surface area contributed by atoms with Crippen molar-refractivity contribution in [3.8, 4) is 0 Å². The predicted molar refractivity (Wildman–Crippen MR) is 70.7 cm³/mol. The van der Waals surface area contributed by atoms with Crippen LogP contribution in [0.5, 0.6) is 0 Å². The van der Waals surface area contributed by atoms with Gasteiger partial charge in [-0.15, -0.1) is 0 Å². The maximum absolute atomic E-state index is 13.0. The van der Waals surface area contributed by atoms with E-state index in [1.807, 2.05) is 0 Å². The van der Waals surface area contributed by atoms with Crippen molar-refractivity contribution in [2.75, 3.05) is 6.54 Å². The summed E-state index contributed by atoms with van der Waals surface area (Å²) in [6, 6.07) is 4.55. The van der Waals surface area contributed by atoms with Crippen LogP contribution >= 0.6 is 0 Å². The predicted octanol–water partition coefficient (Wildman–Crippen LogP) is 4.31. The molecule has 1 saturated heterocycles. The van der Waals surface area contributed by atoms with Gasteiger partial charge in [-0.2, -0.15) is 13.2 Å². The first-order valence-corrected chi connectivity index (χ1v) is 6.77. The van der Waals surface area contributed by atoms with Gasteiger partial charge in [0, 0.05) is 11.4 Å². The van der Waals surface area contributed by atoms with Crippen LogP contribution in [-0.2, 0) is 6.18 Å². The highest BCUT2D eigenvalue weighted by molar-refractivity contribution is 5.85. The van der Waals surface area contributed by atoms with Gasteiger partial charge in [-0.3, -0.25) is 0 Å². The summed E-state index contributed by atoms with van der Waals surface area (Å²) in [5.74, 6) is 0.252. The van der Waals surface area contributed by atoms with Crippen molar-refractivity contribution in [2.45, 2.75) is 37.9 Å². The van der Waals surface area contributed by atoms with E-state index in [0.717, 1.165) is 24.9 Å². The molecule has 2 aromatic rings. The number of alkyl halides is 3. The van der Waals surface area contributed by atoms with Gasteiger partial charge < -0.3 is 9.73 Å². The zero-order valence-corrected chi connectivity index (χ0v) is 11.1. The van der Waals surface area contributed by atoms with E-state index >= 15 is 0 Å². The number of benzene rings is 1. The Kier molecular flexibility index (Phi) is 3.24. The molecule has 20 heavy (non-hydrogen) atoms. The van der Waals surface area contributed by atoms with Crippen molar-refractivity contribution >= 4 is 11.0 Å². The van der Waals surface area contributed by atoms with Gasteiger partial charge in [0.05, 0.1) is 11.8 Å². The van der Waals surface area contributed by atoms with Crippen LogP contribution in [0.3, 0.4) is 0 Å². The summed E-state index contributed by atoms with van der Waals surface area (Å²) in [6.07, 6.45) is -1.16. The lowest BCUT2D eigenvalue weighted by Gasteiger charge is -2.28. The van der Waals surface area contributed by atoms with Crippen molar-refractivity contribution in [3.05, 3.63) is 35.6 Å². The molecule has 0 aliphatic carbocycles. The maximum Gasteiger partial charge on any atom is 0.417 e. The van der Waals surface area contributed by atoms with Crippen molar-refractivity contribution in [1.29, 1.82) is 0 Å². The van der Waals surface area contributed by atoms with E-state index in [4.69, 9.17) is 4.42 Å². The molecule has 0 bridgehead atoms. The minimum absolute atomic E-state index is 0.168. The summed E-state index contributed by atoms with van der Waals surface area (Å²) in [5.41, 5.74) is 0.664. The van der Waals surface area contributed by atoms with Gasteiger partial charge in [0.25, 0.3) is 0 Å². The van der Waals surface area contributed by atoms with Gasteiger partial charge in [-0.1, -0.05) is 6.07 Å². The third-order valence-electron chi connectivity index (χ3n) is 4.02. The normalized spacial score (nSPS) is 24.2. The fourth-order valence-electron chi connectivity index (χ4n) is 3.07. The van der Waals surface area contributed by atoms with Crippen LogP contribution in [-0.4, -0.2) is 12.6 Å². The third-order valence-corrected chi connectivity index (χ3v) is 4.02. The number of nitrogens with one attached hydrogen (secondary N) is 1. The number of halogens is 3. The smallest absolute Gasteiger partial charge is 0.417 e. The molecular formula is C15H16F3NO. The molecule has 0 spiro atoms. The van der Waals surface area contributed by atoms with E-state index in [2.05, 4.69) is 12.2 Å². The number of furan rings is 1. The molecule has 0 unspecified atom stereocenters. The SMILES string of the molecule is C[C@H]1C[C@H](c2ccc(C(F)(F)F)c3ccoc23)CCN1. The average molecular weight is 283 g/mol. The molecule has 108 valence electrons. The molecule has 5 heteroatoms. The molecular weight excluding hydrogens is 267 g/mol. The molecule has 0 amide bonds. The van der Waals surface area contributed by atoms with Crippen molar-refractivity contribution in [1.82, 2.24) is 5.32 Å². The number of rotatable bonds is 1. The van der Waals surface area contributed by atoms with Crippen LogP contribution in [0.25, 0.3) is 11.0 Å². The monoisotopic (exact) mass is 283 g/mol. The molecule has 1 aliphatic heterocycles. The number of hydrogen-bond acceptors (Lipinski definition) is 2. The topological polar surface area (TPSA) is 25.2 Å². The Hall–Kier alpha value is -1.49. The summed E-state index contributed by atoms with van der Waals surface area (Å²) >= 11 is 0. The van der Waals surface area contributed by atoms with Crippen LogP contribution in [0.15, 0.2) is 28.9 Å². The molecule has 2 heterocycles. The second-order valence-corrected chi connectivity index (χ2v) is 5.44. The quantitative estimate of drug-likeness (QED) is 0.843. The molecule has 2 nitrogen and oxygen atoms in total. The summed E-state index contributed by atoms with van der Waals surface area (Å²) in [5, 5.41) is 3.52. The van der Waals surface area contributed by atoms with Gasteiger partial charge in [-0.05, 0) is 49.9 Å².